The fourth-order valence-corrected chi connectivity index (χ4v) is 3.56. The summed E-state index contributed by atoms with van der Waals surface area (Å²) in [4.78, 5) is 22.0. The summed E-state index contributed by atoms with van der Waals surface area (Å²) in [5, 5.41) is 2.23. The molecule has 0 bridgehead atoms. The Balaban J connectivity index is 2.57. The summed E-state index contributed by atoms with van der Waals surface area (Å²) in [6.45, 7) is -0.630. The number of carbonyl (C=O) groups excluding carboxylic acids is 2. The van der Waals surface area contributed by atoms with E-state index in [-0.39, 0.29) is 27.9 Å². The average molecular weight is 369 g/mol. The fourth-order valence-electron chi connectivity index (χ4n) is 1.39. The van der Waals surface area contributed by atoms with Gasteiger partial charge < -0.3 is 10.1 Å². The Bertz CT molecular complexity index is 643. The summed E-state index contributed by atoms with van der Waals surface area (Å²) < 4.78 is 31.0. The number of carbonyl (C=O) groups is 2. The second kappa shape index (κ2) is 8.33. The molecule has 0 aromatic heterocycles. The van der Waals surface area contributed by atoms with Crippen molar-refractivity contribution in [2.75, 3.05) is 20.2 Å². The van der Waals surface area contributed by atoms with Crippen molar-refractivity contribution >= 4 is 45.1 Å². The van der Waals surface area contributed by atoms with Crippen molar-refractivity contribution in [1.82, 2.24) is 10.0 Å². The molecule has 0 radical (unpaired) electrons. The molecule has 0 aliphatic carbocycles. The molecule has 22 heavy (non-hydrogen) atoms. The lowest BCUT2D eigenvalue weighted by Gasteiger charge is -2.09. The third-order valence-electron chi connectivity index (χ3n) is 2.45. The predicted molar refractivity (Wildman–Crippen MR) is 81.3 cm³/mol. The third-order valence-corrected chi connectivity index (χ3v) is 4.87. The maximum absolute atomic E-state index is 12.1. The van der Waals surface area contributed by atoms with Crippen LogP contribution in [0.5, 0.6) is 0 Å². The largest absolute Gasteiger partial charge is 0.456 e. The molecule has 10 heteroatoms. The van der Waals surface area contributed by atoms with E-state index in [4.69, 9.17) is 23.2 Å². The van der Waals surface area contributed by atoms with Gasteiger partial charge in [0.05, 0.1) is 16.5 Å². The van der Waals surface area contributed by atoms with Crippen LogP contribution in [0.2, 0.25) is 10.0 Å². The van der Waals surface area contributed by atoms with E-state index in [0.29, 0.717) is 0 Å². The number of sulfonamides is 1. The molecule has 1 aromatic rings. The zero-order chi connectivity index (χ0) is 16.8. The van der Waals surface area contributed by atoms with Gasteiger partial charge in [-0.2, -0.15) is 0 Å². The van der Waals surface area contributed by atoms with E-state index in [9.17, 15) is 18.0 Å². The third kappa shape index (κ3) is 5.45. The van der Waals surface area contributed by atoms with E-state index in [0.717, 1.165) is 0 Å². The Morgan fingerprint density at radius 3 is 2.36 bits per heavy atom. The zero-order valence-corrected chi connectivity index (χ0v) is 13.9. The molecule has 0 fully saturated rings. The summed E-state index contributed by atoms with van der Waals surface area (Å²) in [6.07, 6.45) is -0.238. The van der Waals surface area contributed by atoms with Crippen LogP contribution >= 0.6 is 23.2 Å². The van der Waals surface area contributed by atoms with Crippen LogP contribution in [0, 0.1) is 0 Å². The molecule has 1 amide bonds. The number of benzene rings is 1. The first-order chi connectivity index (χ1) is 10.3. The number of likely N-dealkylation sites (N-methyl/N-ethyl adjacent to an activating group) is 1. The summed E-state index contributed by atoms with van der Waals surface area (Å²) in [5.74, 6) is -1.17. The van der Waals surface area contributed by atoms with Gasteiger partial charge in [-0.25, -0.2) is 13.1 Å². The summed E-state index contributed by atoms with van der Waals surface area (Å²) in [6, 6.07) is 4.29. The van der Waals surface area contributed by atoms with Gasteiger partial charge in [0.2, 0.25) is 10.0 Å². The number of hydrogen-bond donors (Lipinski definition) is 2. The first-order valence-corrected chi connectivity index (χ1v) is 8.31. The van der Waals surface area contributed by atoms with Crippen molar-refractivity contribution in [3.63, 3.8) is 0 Å². The number of halogens is 2. The summed E-state index contributed by atoms with van der Waals surface area (Å²) in [7, 11) is -2.55. The van der Waals surface area contributed by atoms with Gasteiger partial charge in [-0.3, -0.25) is 9.59 Å². The first-order valence-electron chi connectivity index (χ1n) is 6.08. The highest BCUT2D eigenvalue weighted by Crippen LogP contribution is 2.28. The van der Waals surface area contributed by atoms with Crippen molar-refractivity contribution in [3.05, 3.63) is 28.2 Å². The van der Waals surface area contributed by atoms with Crippen LogP contribution in [0.25, 0.3) is 0 Å². The van der Waals surface area contributed by atoms with Crippen LogP contribution in [-0.2, 0) is 24.3 Å². The van der Waals surface area contributed by atoms with Gasteiger partial charge in [-0.05, 0) is 12.1 Å². The molecule has 1 aromatic carbocycles. The van der Waals surface area contributed by atoms with Crippen LogP contribution < -0.4 is 10.0 Å². The molecule has 0 aliphatic rings. The Labute approximate surface area is 138 Å². The molecule has 0 saturated heterocycles. The van der Waals surface area contributed by atoms with Gasteiger partial charge in [0.15, 0.2) is 6.61 Å². The van der Waals surface area contributed by atoms with Gasteiger partial charge in [-0.15, -0.1) is 0 Å². The van der Waals surface area contributed by atoms with Crippen molar-refractivity contribution in [2.45, 2.75) is 11.3 Å². The van der Waals surface area contributed by atoms with Gasteiger partial charge in [0.1, 0.15) is 4.90 Å². The van der Waals surface area contributed by atoms with Gasteiger partial charge >= 0.3 is 5.97 Å². The van der Waals surface area contributed by atoms with Gasteiger partial charge in [0.25, 0.3) is 5.91 Å². The molecule has 0 atom stereocenters. The normalized spacial score (nSPS) is 11.0. The number of nitrogens with one attached hydrogen (secondary N) is 2. The predicted octanol–water partition coefficient (Wildman–Crippen LogP) is 0.951. The molecule has 0 unspecified atom stereocenters. The maximum Gasteiger partial charge on any atom is 0.307 e. The van der Waals surface area contributed by atoms with Crippen molar-refractivity contribution < 1.29 is 22.7 Å². The quantitative estimate of drug-likeness (QED) is 0.697. The molecule has 0 saturated carbocycles. The van der Waals surface area contributed by atoms with Crippen molar-refractivity contribution in [1.29, 1.82) is 0 Å². The van der Waals surface area contributed by atoms with Crippen LogP contribution in [0.3, 0.4) is 0 Å². The number of rotatable bonds is 7. The number of esters is 1. The minimum atomic E-state index is -3.95. The average Bonchev–Trinajstić information content (AvgIpc) is 2.44. The van der Waals surface area contributed by atoms with E-state index < -0.39 is 28.5 Å². The monoisotopic (exact) mass is 368 g/mol. The van der Waals surface area contributed by atoms with Crippen LogP contribution in [-0.4, -0.2) is 40.5 Å². The minimum Gasteiger partial charge on any atom is -0.456 e. The Hall–Kier alpha value is -1.35. The molecular weight excluding hydrogens is 355 g/mol. The molecule has 0 spiro atoms. The Kier molecular flexibility index (Phi) is 7.08. The second-order valence-electron chi connectivity index (χ2n) is 4.03. The lowest BCUT2D eigenvalue weighted by atomic mass is 10.4. The standard InChI is InChI=1S/C12H14Cl2N2O5S/c1-15-10(17)7-21-11(18)5-6-16-22(19,20)12-8(13)3-2-4-9(12)14/h2-4,16H,5-7H2,1H3,(H,15,17). The number of amides is 1. The smallest absolute Gasteiger partial charge is 0.307 e. The molecule has 1 rings (SSSR count). The highest BCUT2D eigenvalue weighted by molar-refractivity contribution is 7.89. The summed E-state index contributed by atoms with van der Waals surface area (Å²) in [5.41, 5.74) is 0. The molecule has 122 valence electrons. The van der Waals surface area contributed by atoms with E-state index in [1.807, 2.05) is 0 Å². The second-order valence-corrected chi connectivity index (χ2v) is 6.55. The lowest BCUT2D eigenvalue weighted by Crippen LogP contribution is -2.29. The SMILES string of the molecule is CNC(=O)COC(=O)CCNS(=O)(=O)c1c(Cl)cccc1Cl. The van der Waals surface area contributed by atoms with Gasteiger partial charge in [0, 0.05) is 13.6 Å². The molecule has 0 heterocycles. The first kappa shape index (κ1) is 18.7. The van der Waals surface area contributed by atoms with Crippen LogP contribution in [0.15, 0.2) is 23.1 Å². The van der Waals surface area contributed by atoms with E-state index >= 15 is 0 Å². The number of hydrogen-bond acceptors (Lipinski definition) is 5. The summed E-state index contributed by atoms with van der Waals surface area (Å²) >= 11 is 11.6. The van der Waals surface area contributed by atoms with E-state index in [2.05, 4.69) is 14.8 Å². The van der Waals surface area contributed by atoms with Crippen molar-refractivity contribution in [2.24, 2.45) is 0 Å². The minimum absolute atomic E-state index is 0.0257. The molecule has 2 N–H and O–H groups in total. The van der Waals surface area contributed by atoms with Crippen LogP contribution in [0.4, 0.5) is 0 Å². The molecular formula is C12H14Cl2N2O5S. The number of ether oxygens (including phenoxy) is 1. The lowest BCUT2D eigenvalue weighted by molar-refractivity contribution is -0.148. The highest BCUT2D eigenvalue weighted by atomic mass is 35.5. The zero-order valence-electron chi connectivity index (χ0n) is 11.6. The topological polar surface area (TPSA) is 102 Å². The fraction of sp³-hybridized carbons (Fsp3) is 0.333. The van der Waals surface area contributed by atoms with E-state index in [1.165, 1.54) is 25.2 Å². The molecule has 0 aliphatic heterocycles. The van der Waals surface area contributed by atoms with Gasteiger partial charge in [-0.1, -0.05) is 29.3 Å². The van der Waals surface area contributed by atoms with Crippen LogP contribution in [0.1, 0.15) is 6.42 Å². The highest BCUT2D eigenvalue weighted by Gasteiger charge is 2.21. The maximum atomic E-state index is 12.1. The Morgan fingerprint density at radius 2 is 1.82 bits per heavy atom. The molecule has 7 nitrogen and oxygen atoms in total. The van der Waals surface area contributed by atoms with Crippen molar-refractivity contribution in [3.8, 4) is 0 Å². The van der Waals surface area contributed by atoms with E-state index in [1.54, 1.807) is 0 Å². The Morgan fingerprint density at radius 1 is 1.23 bits per heavy atom.